The van der Waals surface area contributed by atoms with Crippen LogP contribution in [-0.4, -0.2) is 64.9 Å². The van der Waals surface area contributed by atoms with E-state index in [0.717, 1.165) is 57.2 Å². The van der Waals surface area contributed by atoms with Gasteiger partial charge >= 0.3 is 0 Å². The minimum atomic E-state index is -0.200. The fourth-order valence-electron chi connectivity index (χ4n) is 2.15. The van der Waals surface area contributed by atoms with Gasteiger partial charge in [-0.3, -0.25) is 4.99 Å². The van der Waals surface area contributed by atoms with E-state index < -0.39 is 0 Å². The summed E-state index contributed by atoms with van der Waals surface area (Å²) < 4.78 is 17.9. The van der Waals surface area contributed by atoms with Crippen molar-refractivity contribution in [2.24, 2.45) is 4.99 Å². The lowest BCUT2D eigenvalue weighted by Crippen LogP contribution is -2.41. The first-order chi connectivity index (χ1) is 11.2. The normalized spacial score (nSPS) is 11.3. The lowest BCUT2D eigenvalue weighted by Gasteiger charge is -2.18. The average molecular weight is 452 g/mol. The molecule has 2 N–H and O–H groups in total. The van der Waals surface area contributed by atoms with Gasteiger partial charge in [0.15, 0.2) is 5.96 Å². The number of guanidine groups is 1. The number of halogens is 2. The number of likely N-dealkylation sites (N-methyl/N-ethyl adjacent to an activating group) is 1. The predicted octanol–water partition coefficient (Wildman–Crippen LogP) is 2.12. The van der Waals surface area contributed by atoms with Crippen molar-refractivity contribution in [3.05, 3.63) is 35.6 Å². The highest BCUT2D eigenvalue weighted by Crippen LogP contribution is 2.02. The Morgan fingerprint density at radius 2 is 1.83 bits per heavy atom. The van der Waals surface area contributed by atoms with Crippen molar-refractivity contribution in [1.29, 1.82) is 0 Å². The third kappa shape index (κ3) is 10.8. The quantitative estimate of drug-likeness (QED) is 0.247. The zero-order valence-electron chi connectivity index (χ0n) is 14.8. The number of hydrogen-bond acceptors (Lipinski definition) is 3. The molecule has 1 rings (SSSR count). The summed E-state index contributed by atoms with van der Waals surface area (Å²) in [5.74, 6) is 0.589. The number of nitrogens with zero attached hydrogens (tertiary/aromatic N) is 2. The van der Waals surface area contributed by atoms with Gasteiger partial charge in [0.25, 0.3) is 0 Å². The standard InChI is InChI=1S/C17H29FN4O.HI/c1-19-17(21-11-13-22(2)12-4-14-23-3)20-10-9-15-5-7-16(18)8-6-15;/h5-8H,4,9-14H2,1-3H3,(H2,19,20,21);1H. The van der Waals surface area contributed by atoms with Crippen molar-refractivity contribution in [1.82, 2.24) is 15.5 Å². The van der Waals surface area contributed by atoms with Crippen LogP contribution in [0.5, 0.6) is 0 Å². The first-order valence-electron chi connectivity index (χ1n) is 8.02. The van der Waals surface area contributed by atoms with Crippen LogP contribution in [0.15, 0.2) is 29.3 Å². The van der Waals surface area contributed by atoms with Crippen LogP contribution in [0.3, 0.4) is 0 Å². The van der Waals surface area contributed by atoms with Crippen LogP contribution in [0.25, 0.3) is 0 Å². The Kier molecular flexibility index (Phi) is 13.9. The van der Waals surface area contributed by atoms with Crippen LogP contribution in [-0.2, 0) is 11.2 Å². The molecule has 138 valence electrons. The summed E-state index contributed by atoms with van der Waals surface area (Å²) in [7, 11) is 5.58. The van der Waals surface area contributed by atoms with E-state index in [4.69, 9.17) is 4.74 Å². The van der Waals surface area contributed by atoms with Gasteiger partial charge in [-0.15, -0.1) is 24.0 Å². The van der Waals surface area contributed by atoms with Crippen molar-refractivity contribution in [2.75, 3.05) is 54.0 Å². The molecule has 5 nitrogen and oxygen atoms in total. The predicted molar refractivity (Wildman–Crippen MR) is 109 cm³/mol. The second kappa shape index (κ2) is 14.4. The Morgan fingerprint density at radius 1 is 1.17 bits per heavy atom. The molecule has 0 saturated heterocycles. The van der Waals surface area contributed by atoms with Gasteiger partial charge in [0.2, 0.25) is 0 Å². The molecule has 0 spiro atoms. The zero-order chi connectivity index (χ0) is 16.9. The van der Waals surface area contributed by atoms with Crippen molar-refractivity contribution >= 4 is 29.9 Å². The maximum atomic E-state index is 12.8. The number of benzene rings is 1. The molecule has 0 atom stereocenters. The van der Waals surface area contributed by atoms with Crippen LogP contribution in [0.1, 0.15) is 12.0 Å². The minimum Gasteiger partial charge on any atom is -0.385 e. The summed E-state index contributed by atoms with van der Waals surface area (Å²) in [4.78, 5) is 6.46. The number of nitrogens with one attached hydrogen (secondary N) is 2. The van der Waals surface area contributed by atoms with Crippen LogP contribution in [0.4, 0.5) is 4.39 Å². The molecule has 24 heavy (non-hydrogen) atoms. The lowest BCUT2D eigenvalue weighted by atomic mass is 10.1. The highest BCUT2D eigenvalue weighted by molar-refractivity contribution is 14.0. The molecule has 0 aliphatic carbocycles. The molecule has 0 heterocycles. The fourth-order valence-corrected chi connectivity index (χ4v) is 2.15. The molecular weight excluding hydrogens is 422 g/mol. The smallest absolute Gasteiger partial charge is 0.191 e. The number of methoxy groups -OCH3 is 1. The molecule has 0 bridgehead atoms. The monoisotopic (exact) mass is 452 g/mol. The molecule has 1 aromatic carbocycles. The Hall–Kier alpha value is -0.930. The Bertz CT molecular complexity index is 456. The van der Waals surface area contributed by atoms with E-state index in [1.807, 2.05) is 12.1 Å². The third-order valence-corrected chi connectivity index (χ3v) is 3.52. The molecule has 0 fully saturated rings. The van der Waals surface area contributed by atoms with Crippen molar-refractivity contribution in [2.45, 2.75) is 12.8 Å². The van der Waals surface area contributed by atoms with Crippen molar-refractivity contribution in [3.63, 3.8) is 0 Å². The second-order valence-electron chi connectivity index (χ2n) is 5.45. The van der Waals surface area contributed by atoms with Gasteiger partial charge in [0, 0.05) is 46.9 Å². The van der Waals surface area contributed by atoms with Crippen molar-refractivity contribution < 1.29 is 9.13 Å². The second-order valence-corrected chi connectivity index (χ2v) is 5.45. The zero-order valence-corrected chi connectivity index (χ0v) is 17.2. The molecule has 7 heteroatoms. The first-order valence-corrected chi connectivity index (χ1v) is 8.02. The molecule has 1 aromatic rings. The van der Waals surface area contributed by atoms with Gasteiger partial charge < -0.3 is 20.3 Å². The number of rotatable bonds is 10. The number of aliphatic imine (C=N–C) groups is 1. The molecule has 0 amide bonds. The van der Waals surface area contributed by atoms with E-state index in [1.165, 1.54) is 12.1 Å². The fraction of sp³-hybridized carbons (Fsp3) is 0.588. The first kappa shape index (κ1) is 23.1. The van der Waals surface area contributed by atoms with Crippen LogP contribution < -0.4 is 10.6 Å². The van der Waals surface area contributed by atoms with Gasteiger partial charge in [0.05, 0.1) is 0 Å². The maximum absolute atomic E-state index is 12.8. The molecular formula is C17H30FIN4O. The van der Waals surface area contributed by atoms with E-state index in [1.54, 1.807) is 14.2 Å². The summed E-state index contributed by atoms with van der Waals surface area (Å²) in [6, 6.07) is 6.59. The third-order valence-electron chi connectivity index (χ3n) is 3.52. The van der Waals surface area contributed by atoms with Crippen molar-refractivity contribution in [3.8, 4) is 0 Å². The highest BCUT2D eigenvalue weighted by atomic mass is 127. The Balaban J connectivity index is 0.00000529. The molecule has 0 aromatic heterocycles. The van der Waals surface area contributed by atoms with Crippen LogP contribution >= 0.6 is 24.0 Å². The van der Waals surface area contributed by atoms with Gasteiger partial charge in [-0.2, -0.15) is 0 Å². The lowest BCUT2D eigenvalue weighted by molar-refractivity contribution is 0.180. The Labute approximate surface area is 162 Å². The average Bonchev–Trinajstić information content (AvgIpc) is 2.55. The van der Waals surface area contributed by atoms with E-state index in [0.29, 0.717) is 0 Å². The topological polar surface area (TPSA) is 48.9 Å². The number of ether oxygens (including phenoxy) is 1. The maximum Gasteiger partial charge on any atom is 0.191 e. The summed E-state index contributed by atoms with van der Waals surface area (Å²) in [6.07, 6.45) is 1.87. The molecule has 0 saturated carbocycles. The largest absolute Gasteiger partial charge is 0.385 e. The SMILES string of the molecule is CN=C(NCCc1ccc(F)cc1)NCCN(C)CCCOC.I. The molecule has 0 aliphatic heterocycles. The molecule has 0 unspecified atom stereocenters. The van der Waals surface area contributed by atoms with E-state index in [-0.39, 0.29) is 29.8 Å². The molecule has 0 radical (unpaired) electrons. The van der Waals surface area contributed by atoms with Gasteiger partial charge in [-0.1, -0.05) is 12.1 Å². The van der Waals surface area contributed by atoms with Crippen LogP contribution in [0.2, 0.25) is 0 Å². The Morgan fingerprint density at radius 3 is 2.46 bits per heavy atom. The summed E-state index contributed by atoms with van der Waals surface area (Å²) in [6.45, 7) is 4.35. The van der Waals surface area contributed by atoms with E-state index >= 15 is 0 Å². The van der Waals surface area contributed by atoms with Crippen LogP contribution in [0, 0.1) is 5.82 Å². The minimum absolute atomic E-state index is 0. The summed E-state index contributed by atoms with van der Waals surface area (Å²) >= 11 is 0. The van der Waals surface area contributed by atoms with Gasteiger partial charge in [0.1, 0.15) is 5.82 Å². The summed E-state index contributed by atoms with van der Waals surface area (Å²) in [5.41, 5.74) is 1.10. The van der Waals surface area contributed by atoms with Gasteiger partial charge in [-0.25, -0.2) is 4.39 Å². The van der Waals surface area contributed by atoms with Gasteiger partial charge in [-0.05, 0) is 37.6 Å². The highest BCUT2D eigenvalue weighted by Gasteiger charge is 2.01. The summed E-state index contributed by atoms with van der Waals surface area (Å²) in [5, 5.41) is 6.56. The van der Waals surface area contributed by atoms with E-state index in [9.17, 15) is 4.39 Å². The number of hydrogen-bond donors (Lipinski definition) is 2. The molecule has 0 aliphatic rings. The van der Waals surface area contributed by atoms with E-state index in [2.05, 4.69) is 27.6 Å².